The summed E-state index contributed by atoms with van der Waals surface area (Å²) in [5, 5.41) is 12.7. The van der Waals surface area contributed by atoms with Gasteiger partial charge in [0.15, 0.2) is 0 Å². The van der Waals surface area contributed by atoms with Crippen LogP contribution in [0.15, 0.2) is 0 Å². The van der Waals surface area contributed by atoms with Gasteiger partial charge < -0.3 is 20.2 Å². The molecule has 0 radical (unpaired) electrons. The minimum atomic E-state index is 0.287. The number of rotatable bonds is 8. The number of nitrogens with one attached hydrogen (secondary N) is 1. The molecule has 0 amide bonds. The molecule has 1 heterocycles. The highest BCUT2D eigenvalue weighted by Crippen LogP contribution is 2.14. The van der Waals surface area contributed by atoms with Gasteiger partial charge in [0.05, 0.1) is 0 Å². The molecule has 0 aromatic heterocycles. The monoisotopic (exact) mass is 257 g/mol. The number of likely N-dealkylation sites (tertiary alicyclic amines) is 1. The van der Waals surface area contributed by atoms with E-state index in [-0.39, 0.29) is 6.61 Å². The van der Waals surface area contributed by atoms with E-state index in [4.69, 9.17) is 5.11 Å². The molecule has 1 aliphatic rings. The van der Waals surface area contributed by atoms with E-state index in [0.717, 1.165) is 32.0 Å². The standard InChI is InChI=1S/C14H31N3O/c1-4-8-15-13(7-11-18)12-17-9-5-14(6-10-17)16(2)3/h13-15,18H,4-12H2,1-3H3. The van der Waals surface area contributed by atoms with E-state index in [1.54, 1.807) is 0 Å². The van der Waals surface area contributed by atoms with Crippen molar-refractivity contribution < 1.29 is 5.11 Å². The molecular formula is C14H31N3O. The van der Waals surface area contributed by atoms with E-state index in [1.807, 2.05) is 0 Å². The lowest BCUT2D eigenvalue weighted by Gasteiger charge is -2.37. The summed E-state index contributed by atoms with van der Waals surface area (Å²) in [5.74, 6) is 0. The first kappa shape index (κ1) is 15.9. The van der Waals surface area contributed by atoms with Crippen LogP contribution in [0.1, 0.15) is 32.6 Å². The van der Waals surface area contributed by atoms with Gasteiger partial charge in [0.1, 0.15) is 0 Å². The van der Waals surface area contributed by atoms with Gasteiger partial charge in [0, 0.05) is 25.2 Å². The average molecular weight is 257 g/mol. The van der Waals surface area contributed by atoms with Gasteiger partial charge in [-0.2, -0.15) is 0 Å². The van der Waals surface area contributed by atoms with Gasteiger partial charge in [-0.3, -0.25) is 0 Å². The normalized spacial score (nSPS) is 20.5. The molecule has 0 aromatic rings. The van der Waals surface area contributed by atoms with Crippen molar-refractivity contribution in [2.24, 2.45) is 0 Å². The summed E-state index contributed by atoms with van der Waals surface area (Å²) in [6.07, 6.45) is 4.57. The molecule has 1 saturated heterocycles. The van der Waals surface area contributed by atoms with Crippen LogP contribution < -0.4 is 5.32 Å². The van der Waals surface area contributed by atoms with Crippen molar-refractivity contribution in [2.75, 3.05) is 46.9 Å². The minimum Gasteiger partial charge on any atom is -0.396 e. The topological polar surface area (TPSA) is 38.7 Å². The zero-order chi connectivity index (χ0) is 13.4. The number of hydrogen-bond acceptors (Lipinski definition) is 4. The van der Waals surface area contributed by atoms with E-state index in [1.165, 1.54) is 25.9 Å². The van der Waals surface area contributed by atoms with Crippen molar-refractivity contribution in [3.05, 3.63) is 0 Å². The van der Waals surface area contributed by atoms with E-state index >= 15 is 0 Å². The summed E-state index contributed by atoms with van der Waals surface area (Å²) in [6, 6.07) is 1.20. The molecule has 108 valence electrons. The fourth-order valence-corrected chi connectivity index (χ4v) is 2.69. The Morgan fingerprint density at radius 3 is 2.50 bits per heavy atom. The van der Waals surface area contributed by atoms with Crippen LogP contribution >= 0.6 is 0 Å². The fourth-order valence-electron chi connectivity index (χ4n) is 2.69. The highest BCUT2D eigenvalue weighted by Gasteiger charge is 2.22. The van der Waals surface area contributed by atoms with Crippen molar-refractivity contribution in [1.29, 1.82) is 0 Å². The molecule has 4 nitrogen and oxygen atoms in total. The molecule has 0 aliphatic carbocycles. The SMILES string of the molecule is CCCNC(CCO)CN1CCC(N(C)C)CC1. The van der Waals surface area contributed by atoms with Crippen LogP contribution in [0.4, 0.5) is 0 Å². The second-order valence-corrected chi connectivity index (χ2v) is 5.66. The van der Waals surface area contributed by atoms with E-state index in [9.17, 15) is 0 Å². The van der Waals surface area contributed by atoms with Crippen molar-refractivity contribution in [2.45, 2.75) is 44.7 Å². The second-order valence-electron chi connectivity index (χ2n) is 5.66. The zero-order valence-corrected chi connectivity index (χ0v) is 12.4. The number of aliphatic hydroxyl groups excluding tert-OH is 1. The lowest BCUT2D eigenvalue weighted by molar-refractivity contribution is 0.129. The average Bonchev–Trinajstić information content (AvgIpc) is 2.37. The van der Waals surface area contributed by atoms with Crippen molar-refractivity contribution >= 4 is 0 Å². The third-order valence-corrected chi connectivity index (χ3v) is 3.93. The van der Waals surface area contributed by atoms with E-state index in [0.29, 0.717) is 6.04 Å². The molecule has 0 aromatic carbocycles. The molecule has 4 heteroatoms. The summed E-state index contributed by atoms with van der Waals surface area (Å²) in [5.41, 5.74) is 0. The maximum Gasteiger partial charge on any atom is 0.0446 e. The molecule has 2 N–H and O–H groups in total. The van der Waals surface area contributed by atoms with E-state index in [2.05, 4.69) is 36.1 Å². The number of piperidine rings is 1. The molecule has 0 bridgehead atoms. The summed E-state index contributed by atoms with van der Waals surface area (Å²) in [7, 11) is 4.36. The van der Waals surface area contributed by atoms with Crippen LogP contribution in [0.5, 0.6) is 0 Å². The molecule has 0 spiro atoms. The first-order valence-corrected chi connectivity index (χ1v) is 7.40. The zero-order valence-electron chi connectivity index (χ0n) is 12.4. The molecule has 18 heavy (non-hydrogen) atoms. The second kappa shape index (κ2) is 8.86. The van der Waals surface area contributed by atoms with Crippen molar-refractivity contribution in [3.63, 3.8) is 0 Å². The van der Waals surface area contributed by atoms with Gasteiger partial charge in [-0.25, -0.2) is 0 Å². The number of nitrogens with zero attached hydrogens (tertiary/aromatic N) is 2. The van der Waals surface area contributed by atoms with Gasteiger partial charge in [0.2, 0.25) is 0 Å². The summed E-state index contributed by atoms with van der Waals surface area (Å²) >= 11 is 0. The first-order valence-electron chi connectivity index (χ1n) is 7.40. The quantitative estimate of drug-likeness (QED) is 0.673. The lowest BCUT2D eigenvalue weighted by Crippen LogP contribution is -2.47. The predicted molar refractivity (Wildman–Crippen MR) is 76.9 cm³/mol. The van der Waals surface area contributed by atoms with Gasteiger partial charge in [-0.1, -0.05) is 6.92 Å². The number of hydrogen-bond donors (Lipinski definition) is 2. The molecular weight excluding hydrogens is 226 g/mol. The Morgan fingerprint density at radius 1 is 1.33 bits per heavy atom. The van der Waals surface area contributed by atoms with Crippen LogP contribution in [0.2, 0.25) is 0 Å². The highest BCUT2D eigenvalue weighted by atomic mass is 16.3. The summed E-state index contributed by atoms with van der Waals surface area (Å²) in [4.78, 5) is 4.89. The smallest absolute Gasteiger partial charge is 0.0446 e. The Labute approximate surface area is 112 Å². The minimum absolute atomic E-state index is 0.287. The Bertz CT molecular complexity index is 203. The third kappa shape index (κ3) is 5.65. The van der Waals surface area contributed by atoms with Gasteiger partial charge in [0.25, 0.3) is 0 Å². The Morgan fingerprint density at radius 2 is 2.00 bits per heavy atom. The maximum absolute atomic E-state index is 9.12. The maximum atomic E-state index is 9.12. The van der Waals surface area contributed by atoms with Crippen LogP contribution in [0.25, 0.3) is 0 Å². The van der Waals surface area contributed by atoms with Gasteiger partial charge in [-0.05, 0) is 59.4 Å². The Hall–Kier alpha value is -0.160. The largest absolute Gasteiger partial charge is 0.396 e. The molecule has 1 fully saturated rings. The molecule has 1 rings (SSSR count). The fraction of sp³-hybridized carbons (Fsp3) is 1.00. The summed E-state index contributed by atoms with van der Waals surface area (Å²) in [6.45, 7) is 7.00. The van der Waals surface area contributed by atoms with Crippen LogP contribution in [-0.2, 0) is 0 Å². The molecule has 1 atom stereocenters. The Balaban J connectivity index is 2.27. The Kier molecular flexibility index (Phi) is 7.82. The third-order valence-electron chi connectivity index (χ3n) is 3.93. The van der Waals surface area contributed by atoms with Gasteiger partial charge >= 0.3 is 0 Å². The highest BCUT2D eigenvalue weighted by molar-refractivity contribution is 4.80. The molecule has 0 saturated carbocycles. The summed E-state index contributed by atoms with van der Waals surface area (Å²) < 4.78 is 0. The van der Waals surface area contributed by atoms with Crippen molar-refractivity contribution in [3.8, 4) is 0 Å². The van der Waals surface area contributed by atoms with Crippen LogP contribution in [-0.4, -0.2) is 73.9 Å². The predicted octanol–water partition coefficient (Wildman–Crippen LogP) is 0.763. The van der Waals surface area contributed by atoms with Crippen LogP contribution in [0.3, 0.4) is 0 Å². The van der Waals surface area contributed by atoms with Gasteiger partial charge in [-0.15, -0.1) is 0 Å². The number of aliphatic hydroxyl groups is 1. The van der Waals surface area contributed by atoms with Crippen molar-refractivity contribution in [1.82, 2.24) is 15.1 Å². The van der Waals surface area contributed by atoms with E-state index < -0.39 is 0 Å². The molecule has 1 aliphatic heterocycles. The lowest BCUT2D eigenvalue weighted by atomic mass is 10.0. The van der Waals surface area contributed by atoms with Crippen LogP contribution in [0, 0.1) is 0 Å². The molecule has 1 unspecified atom stereocenters. The first-order chi connectivity index (χ1) is 8.67.